The molecule has 0 atom stereocenters. The van der Waals surface area contributed by atoms with Crippen molar-refractivity contribution in [3.8, 4) is 0 Å². The zero-order chi connectivity index (χ0) is 15.9. The minimum absolute atomic E-state index is 0.0853. The van der Waals surface area contributed by atoms with Crippen molar-refractivity contribution in [2.75, 3.05) is 20.2 Å². The Hall–Kier alpha value is -2.30. The fraction of sp³-hybridized carbons (Fsp3) is 0.412. The molecule has 5 heteroatoms. The highest BCUT2D eigenvalue weighted by Crippen LogP contribution is 2.14. The number of nitrogens with zero attached hydrogens (tertiary/aromatic N) is 1. The van der Waals surface area contributed by atoms with Gasteiger partial charge < -0.3 is 15.0 Å². The zero-order valence-corrected chi connectivity index (χ0v) is 13.0. The summed E-state index contributed by atoms with van der Waals surface area (Å²) in [6.07, 6.45) is 2.82. The van der Waals surface area contributed by atoms with Gasteiger partial charge in [0.1, 0.15) is 0 Å². The minimum atomic E-state index is -0.301. The van der Waals surface area contributed by atoms with Gasteiger partial charge in [-0.3, -0.25) is 4.79 Å². The van der Waals surface area contributed by atoms with Gasteiger partial charge >= 0.3 is 6.09 Å². The van der Waals surface area contributed by atoms with Crippen LogP contribution in [0.3, 0.4) is 0 Å². The highest BCUT2D eigenvalue weighted by atomic mass is 16.5. The molecule has 1 fully saturated rings. The number of carbonyl (C=O) groups excluding carboxylic acids is 2. The normalized spacial score (nSPS) is 16.3. The molecule has 22 heavy (non-hydrogen) atoms. The van der Waals surface area contributed by atoms with Gasteiger partial charge in [-0.1, -0.05) is 30.3 Å². The zero-order valence-electron chi connectivity index (χ0n) is 13.0. The van der Waals surface area contributed by atoms with Crippen molar-refractivity contribution in [1.29, 1.82) is 0 Å². The highest BCUT2D eigenvalue weighted by molar-refractivity contribution is 5.95. The third-order valence-electron chi connectivity index (χ3n) is 3.85. The molecule has 1 heterocycles. The Labute approximate surface area is 130 Å². The number of allylic oxidation sites excluding steroid dienone is 1. The monoisotopic (exact) mass is 302 g/mol. The van der Waals surface area contributed by atoms with Crippen LogP contribution in [0.5, 0.6) is 0 Å². The molecular formula is C17H22N2O3. The Kier molecular flexibility index (Phi) is 5.58. The van der Waals surface area contributed by atoms with Crippen molar-refractivity contribution in [1.82, 2.24) is 10.2 Å². The number of likely N-dealkylation sites (tertiary alicyclic amines) is 1. The van der Waals surface area contributed by atoms with E-state index < -0.39 is 0 Å². The first-order valence-corrected chi connectivity index (χ1v) is 7.47. The fourth-order valence-electron chi connectivity index (χ4n) is 2.56. The number of rotatable bonds is 3. The van der Waals surface area contributed by atoms with Crippen LogP contribution in [0.15, 0.2) is 36.4 Å². The summed E-state index contributed by atoms with van der Waals surface area (Å²) < 4.78 is 4.70. The highest BCUT2D eigenvalue weighted by Gasteiger charge is 2.23. The van der Waals surface area contributed by atoms with E-state index in [1.54, 1.807) is 11.0 Å². The number of benzene rings is 1. The van der Waals surface area contributed by atoms with Crippen LogP contribution in [0.2, 0.25) is 0 Å². The van der Waals surface area contributed by atoms with E-state index in [2.05, 4.69) is 5.32 Å². The first-order valence-electron chi connectivity index (χ1n) is 7.47. The molecular weight excluding hydrogens is 280 g/mol. The third kappa shape index (κ3) is 4.35. The Morgan fingerprint density at radius 3 is 2.45 bits per heavy atom. The van der Waals surface area contributed by atoms with Gasteiger partial charge in [-0.2, -0.15) is 0 Å². The number of ether oxygens (including phenoxy) is 1. The third-order valence-corrected chi connectivity index (χ3v) is 3.85. The van der Waals surface area contributed by atoms with E-state index in [4.69, 9.17) is 4.74 Å². The molecule has 1 aromatic carbocycles. The quantitative estimate of drug-likeness (QED) is 0.872. The maximum absolute atomic E-state index is 12.1. The standard InChI is InChI=1S/C17H22N2O3/c1-13(14-6-4-3-5-7-14)12-16(20)18-15-8-10-19(11-9-15)17(21)22-2/h3-7,12,15H,8-11H2,1-2H3,(H,18,20). The van der Waals surface area contributed by atoms with Crippen molar-refractivity contribution in [2.45, 2.75) is 25.8 Å². The van der Waals surface area contributed by atoms with Crippen LogP contribution in [-0.2, 0) is 9.53 Å². The van der Waals surface area contributed by atoms with E-state index in [1.165, 1.54) is 7.11 Å². The fourth-order valence-corrected chi connectivity index (χ4v) is 2.56. The molecule has 0 bridgehead atoms. The number of nitrogens with one attached hydrogen (secondary N) is 1. The Balaban J connectivity index is 1.85. The SMILES string of the molecule is COC(=O)N1CCC(NC(=O)C=C(C)c2ccccc2)CC1. The van der Waals surface area contributed by atoms with Gasteiger partial charge in [-0.15, -0.1) is 0 Å². The van der Waals surface area contributed by atoms with Gasteiger partial charge in [-0.05, 0) is 30.9 Å². The molecule has 2 rings (SSSR count). The molecule has 1 aromatic rings. The maximum atomic E-state index is 12.1. The van der Waals surface area contributed by atoms with E-state index in [9.17, 15) is 9.59 Å². The molecule has 0 radical (unpaired) electrons. The van der Waals surface area contributed by atoms with E-state index in [0.29, 0.717) is 13.1 Å². The molecule has 118 valence electrons. The number of hydrogen-bond acceptors (Lipinski definition) is 3. The van der Waals surface area contributed by atoms with Gasteiger partial charge in [0.05, 0.1) is 7.11 Å². The number of piperidine rings is 1. The van der Waals surface area contributed by atoms with Gasteiger partial charge in [0.15, 0.2) is 0 Å². The average Bonchev–Trinajstić information content (AvgIpc) is 2.55. The molecule has 0 spiro atoms. The van der Waals surface area contributed by atoms with Crippen LogP contribution < -0.4 is 5.32 Å². The molecule has 2 amide bonds. The molecule has 1 N–H and O–H groups in total. The number of hydrogen-bond donors (Lipinski definition) is 1. The van der Waals surface area contributed by atoms with Crippen LogP contribution in [0, 0.1) is 0 Å². The summed E-state index contributed by atoms with van der Waals surface area (Å²) in [5.41, 5.74) is 1.98. The topological polar surface area (TPSA) is 58.6 Å². The number of methoxy groups -OCH3 is 1. The predicted octanol–water partition coefficient (Wildman–Crippen LogP) is 2.44. The number of carbonyl (C=O) groups is 2. The van der Waals surface area contributed by atoms with E-state index in [-0.39, 0.29) is 18.0 Å². The van der Waals surface area contributed by atoms with Crippen LogP contribution >= 0.6 is 0 Å². The lowest BCUT2D eigenvalue weighted by atomic mass is 10.0. The van der Waals surface area contributed by atoms with Crippen LogP contribution in [0.25, 0.3) is 5.57 Å². The van der Waals surface area contributed by atoms with Gasteiger partial charge in [-0.25, -0.2) is 4.79 Å². The van der Waals surface area contributed by atoms with Crippen molar-refractivity contribution in [2.24, 2.45) is 0 Å². The molecule has 0 aromatic heterocycles. The summed E-state index contributed by atoms with van der Waals surface area (Å²) in [7, 11) is 1.38. The Bertz CT molecular complexity index is 546. The van der Waals surface area contributed by atoms with E-state index in [1.807, 2.05) is 37.3 Å². The molecule has 1 aliphatic heterocycles. The lowest BCUT2D eigenvalue weighted by Crippen LogP contribution is -2.46. The predicted molar refractivity (Wildman–Crippen MR) is 85.2 cm³/mol. The summed E-state index contributed by atoms with van der Waals surface area (Å²) in [5.74, 6) is -0.0853. The summed E-state index contributed by atoms with van der Waals surface area (Å²) in [4.78, 5) is 25.1. The van der Waals surface area contributed by atoms with Crippen molar-refractivity contribution >= 4 is 17.6 Å². The van der Waals surface area contributed by atoms with E-state index >= 15 is 0 Å². The molecule has 0 aliphatic carbocycles. The lowest BCUT2D eigenvalue weighted by molar-refractivity contribution is -0.117. The second kappa shape index (κ2) is 7.64. The smallest absolute Gasteiger partial charge is 0.409 e. The van der Waals surface area contributed by atoms with Gasteiger partial charge in [0.25, 0.3) is 0 Å². The van der Waals surface area contributed by atoms with Gasteiger partial charge in [0, 0.05) is 25.2 Å². The van der Waals surface area contributed by atoms with Crippen molar-refractivity contribution in [3.05, 3.63) is 42.0 Å². The summed E-state index contributed by atoms with van der Waals surface area (Å²) in [5, 5.41) is 3.00. The second-order valence-electron chi connectivity index (χ2n) is 5.43. The summed E-state index contributed by atoms with van der Waals surface area (Å²) in [6, 6.07) is 9.92. The molecule has 1 aliphatic rings. The first-order chi connectivity index (χ1) is 10.6. The molecule has 0 saturated carbocycles. The average molecular weight is 302 g/mol. The molecule has 5 nitrogen and oxygen atoms in total. The van der Waals surface area contributed by atoms with Gasteiger partial charge in [0.2, 0.25) is 5.91 Å². The summed E-state index contributed by atoms with van der Waals surface area (Å²) in [6.45, 7) is 3.15. The Morgan fingerprint density at radius 1 is 1.23 bits per heavy atom. The maximum Gasteiger partial charge on any atom is 0.409 e. The van der Waals surface area contributed by atoms with Crippen LogP contribution in [-0.4, -0.2) is 43.1 Å². The largest absolute Gasteiger partial charge is 0.453 e. The van der Waals surface area contributed by atoms with Crippen LogP contribution in [0.4, 0.5) is 4.79 Å². The van der Waals surface area contributed by atoms with E-state index in [0.717, 1.165) is 24.0 Å². The van der Waals surface area contributed by atoms with Crippen molar-refractivity contribution < 1.29 is 14.3 Å². The molecule has 1 saturated heterocycles. The second-order valence-corrected chi connectivity index (χ2v) is 5.43. The minimum Gasteiger partial charge on any atom is -0.453 e. The van der Waals surface area contributed by atoms with Crippen LogP contribution in [0.1, 0.15) is 25.3 Å². The Morgan fingerprint density at radius 2 is 1.86 bits per heavy atom. The number of amides is 2. The summed E-state index contributed by atoms with van der Waals surface area (Å²) >= 11 is 0. The molecule has 0 unspecified atom stereocenters. The van der Waals surface area contributed by atoms with Crippen molar-refractivity contribution in [3.63, 3.8) is 0 Å². The first kappa shape index (κ1) is 16.1. The lowest BCUT2D eigenvalue weighted by Gasteiger charge is -2.31.